The highest BCUT2D eigenvalue weighted by atomic mass is 16.5. The maximum Gasteiger partial charge on any atom is 0.142 e. The predicted octanol–water partition coefficient (Wildman–Crippen LogP) is 5.64. The lowest BCUT2D eigenvalue weighted by atomic mass is 10.1. The maximum atomic E-state index is 10.0. The number of para-hydroxylation sites is 1. The van der Waals surface area contributed by atoms with Crippen molar-refractivity contribution >= 4 is 27.5 Å². The molecule has 1 aromatic heterocycles. The number of nitrogens with one attached hydrogen (secondary N) is 3. The summed E-state index contributed by atoms with van der Waals surface area (Å²) >= 11 is 0. The predicted molar refractivity (Wildman–Crippen MR) is 146 cm³/mol. The second kappa shape index (κ2) is 11.2. The molecular formula is C30H31N3O3. The van der Waals surface area contributed by atoms with Gasteiger partial charge in [0.25, 0.3) is 0 Å². The fourth-order valence-electron chi connectivity index (χ4n) is 4.43. The molecule has 5 aromatic rings. The Morgan fingerprint density at radius 2 is 1.64 bits per heavy atom. The van der Waals surface area contributed by atoms with Gasteiger partial charge in [-0.2, -0.15) is 0 Å². The molecule has 0 saturated heterocycles. The summed E-state index contributed by atoms with van der Waals surface area (Å²) in [7, 11) is 1.87. The fraction of sp³-hybridized carbons (Fsp3) is 0.200. The molecule has 0 saturated carbocycles. The van der Waals surface area contributed by atoms with Crippen molar-refractivity contribution in [1.82, 2.24) is 10.3 Å². The molecule has 0 aliphatic rings. The summed E-state index contributed by atoms with van der Waals surface area (Å²) in [6, 6.07) is 30.2. The minimum atomic E-state index is -0.208. The summed E-state index contributed by atoms with van der Waals surface area (Å²) in [4.78, 5) is 3.45. The molecule has 184 valence electrons. The number of ether oxygens (including phenoxy) is 2. The van der Waals surface area contributed by atoms with Gasteiger partial charge in [0.05, 0.1) is 23.9 Å². The zero-order valence-corrected chi connectivity index (χ0v) is 20.3. The number of fused-ring (bicyclic) bond motifs is 3. The van der Waals surface area contributed by atoms with Gasteiger partial charge in [-0.3, -0.25) is 0 Å². The molecule has 36 heavy (non-hydrogen) atoms. The molecule has 4 aromatic carbocycles. The van der Waals surface area contributed by atoms with Crippen LogP contribution in [0.3, 0.4) is 0 Å². The number of H-pyrrole nitrogens is 1. The van der Waals surface area contributed by atoms with Gasteiger partial charge in [-0.25, -0.2) is 0 Å². The van der Waals surface area contributed by atoms with Crippen LogP contribution in [0, 0.1) is 0 Å². The first-order valence-electron chi connectivity index (χ1n) is 12.2. The van der Waals surface area contributed by atoms with E-state index in [-0.39, 0.29) is 12.6 Å². The van der Waals surface area contributed by atoms with Crippen molar-refractivity contribution in [3.63, 3.8) is 0 Å². The summed E-state index contributed by atoms with van der Waals surface area (Å²) in [6.07, 6.45) is 0. The van der Waals surface area contributed by atoms with Gasteiger partial charge in [-0.05, 0) is 41.5 Å². The molecule has 6 heteroatoms. The summed E-state index contributed by atoms with van der Waals surface area (Å²) in [5.74, 6) is 1.59. The fourth-order valence-corrected chi connectivity index (χ4v) is 4.43. The Balaban J connectivity index is 1.17. The van der Waals surface area contributed by atoms with E-state index in [1.165, 1.54) is 10.8 Å². The van der Waals surface area contributed by atoms with E-state index in [2.05, 4.69) is 33.8 Å². The lowest BCUT2D eigenvalue weighted by Crippen LogP contribution is -2.28. The highest BCUT2D eigenvalue weighted by Crippen LogP contribution is 2.30. The molecular weight excluding hydrogens is 450 g/mol. The van der Waals surface area contributed by atoms with Crippen LogP contribution in [-0.4, -0.2) is 36.9 Å². The molecule has 4 N–H and O–H groups in total. The van der Waals surface area contributed by atoms with Gasteiger partial charge >= 0.3 is 0 Å². The Morgan fingerprint density at radius 3 is 2.47 bits per heavy atom. The zero-order chi connectivity index (χ0) is 24.7. The van der Waals surface area contributed by atoms with E-state index < -0.39 is 0 Å². The van der Waals surface area contributed by atoms with Gasteiger partial charge in [-0.1, -0.05) is 54.6 Å². The summed E-state index contributed by atoms with van der Waals surface area (Å²) < 4.78 is 12.0. The lowest BCUT2D eigenvalue weighted by molar-refractivity contribution is 0.232. The molecule has 0 amide bonds. The van der Waals surface area contributed by atoms with Gasteiger partial charge in [-0.15, -0.1) is 0 Å². The van der Waals surface area contributed by atoms with E-state index in [0.717, 1.165) is 39.3 Å². The van der Waals surface area contributed by atoms with Crippen LogP contribution in [0.4, 0.5) is 5.69 Å². The minimum Gasteiger partial charge on any atom is -0.492 e. The largest absolute Gasteiger partial charge is 0.492 e. The van der Waals surface area contributed by atoms with E-state index in [1.807, 2.05) is 79.8 Å². The van der Waals surface area contributed by atoms with Gasteiger partial charge in [0.2, 0.25) is 0 Å². The van der Waals surface area contributed by atoms with Crippen molar-refractivity contribution in [2.24, 2.45) is 0 Å². The van der Waals surface area contributed by atoms with Crippen molar-refractivity contribution in [2.75, 3.05) is 32.1 Å². The number of aromatic amines is 1. The quantitative estimate of drug-likeness (QED) is 0.184. The number of benzene rings is 4. The van der Waals surface area contributed by atoms with Crippen LogP contribution in [0.15, 0.2) is 91.0 Å². The monoisotopic (exact) mass is 481 g/mol. The van der Waals surface area contributed by atoms with Crippen molar-refractivity contribution in [2.45, 2.75) is 12.6 Å². The number of aromatic nitrogens is 1. The molecule has 5 rings (SSSR count). The number of rotatable bonds is 11. The number of anilines is 1. The van der Waals surface area contributed by atoms with Crippen LogP contribution in [0.2, 0.25) is 0 Å². The van der Waals surface area contributed by atoms with E-state index in [1.54, 1.807) is 0 Å². The SMILES string of the molecule is CNc1cc(C(CO)NCCOc2ccc3c(c2)[nH]c2ccccc23)ccc1OCc1ccccc1. The smallest absolute Gasteiger partial charge is 0.142 e. The van der Waals surface area contributed by atoms with Gasteiger partial charge in [0.15, 0.2) is 0 Å². The van der Waals surface area contributed by atoms with Crippen LogP contribution in [0.25, 0.3) is 21.8 Å². The summed E-state index contributed by atoms with van der Waals surface area (Å²) in [6.45, 7) is 1.56. The Bertz CT molecular complexity index is 1430. The van der Waals surface area contributed by atoms with Gasteiger partial charge in [0.1, 0.15) is 24.7 Å². The molecule has 0 spiro atoms. The average molecular weight is 482 g/mol. The van der Waals surface area contributed by atoms with Crippen molar-refractivity contribution in [1.29, 1.82) is 0 Å². The molecule has 0 aliphatic carbocycles. The highest BCUT2D eigenvalue weighted by Gasteiger charge is 2.13. The third kappa shape index (κ3) is 5.30. The second-order valence-corrected chi connectivity index (χ2v) is 8.70. The lowest BCUT2D eigenvalue weighted by Gasteiger charge is -2.19. The minimum absolute atomic E-state index is 0.0194. The molecule has 0 aliphatic heterocycles. The number of hydrogen-bond acceptors (Lipinski definition) is 5. The molecule has 1 atom stereocenters. The van der Waals surface area contributed by atoms with E-state index >= 15 is 0 Å². The number of aliphatic hydroxyl groups is 1. The Morgan fingerprint density at radius 1 is 0.833 bits per heavy atom. The Labute approximate surface area is 210 Å². The third-order valence-corrected chi connectivity index (χ3v) is 6.33. The number of hydrogen-bond donors (Lipinski definition) is 4. The van der Waals surface area contributed by atoms with Gasteiger partial charge < -0.3 is 30.2 Å². The van der Waals surface area contributed by atoms with E-state index in [4.69, 9.17) is 9.47 Å². The normalized spacial score (nSPS) is 12.1. The van der Waals surface area contributed by atoms with Crippen LogP contribution in [-0.2, 0) is 6.61 Å². The molecule has 1 unspecified atom stereocenters. The Hall–Kier alpha value is -4.00. The third-order valence-electron chi connectivity index (χ3n) is 6.33. The van der Waals surface area contributed by atoms with Crippen LogP contribution in [0.5, 0.6) is 11.5 Å². The molecule has 0 fully saturated rings. The first-order chi connectivity index (χ1) is 17.7. The van der Waals surface area contributed by atoms with Crippen LogP contribution in [0.1, 0.15) is 17.2 Å². The molecule has 0 radical (unpaired) electrons. The first kappa shape index (κ1) is 23.7. The number of aliphatic hydroxyl groups excluding tert-OH is 1. The highest BCUT2D eigenvalue weighted by molar-refractivity contribution is 6.07. The standard InChI is InChI=1S/C30H31N3O3/c1-31-28-17-22(11-14-30(28)36-20-21-7-3-2-4-8-21)29(19-34)32-15-16-35-23-12-13-25-24-9-5-6-10-26(24)33-27(25)18-23/h2-14,17-18,29,31-34H,15-16,19-20H2,1H3. The van der Waals surface area contributed by atoms with Crippen molar-refractivity contribution in [3.8, 4) is 11.5 Å². The summed E-state index contributed by atoms with van der Waals surface area (Å²) in [5, 5.41) is 19.0. The topological polar surface area (TPSA) is 78.5 Å². The van der Waals surface area contributed by atoms with E-state index in [9.17, 15) is 5.11 Å². The van der Waals surface area contributed by atoms with Crippen LogP contribution < -0.4 is 20.1 Å². The van der Waals surface area contributed by atoms with Crippen molar-refractivity contribution in [3.05, 3.63) is 102 Å². The molecule has 0 bridgehead atoms. The Kier molecular flexibility index (Phi) is 7.36. The zero-order valence-electron chi connectivity index (χ0n) is 20.3. The molecule has 6 nitrogen and oxygen atoms in total. The van der Waals surface area contributed by atoms with Crippen molar-refractivity contribution < 1.29 is 14.6 Å². The van der Waals surface area contributed by atoms with Crippen LogP contribution >= 0.6 is 0 Å². The summed E-state index contributed by atoms with van der Waals surface area (Å²) in [5.41, 5.74) is 5.15. The first-order valence-corrected chi connectivity index (χ1v) is 12.2. The average Bonchev–Trinajstić information content (AvgIpc) is 3.30. The van der Waals surface area contributed by atoms with Gasteiger partial charge in [0, 0.05) is 35.9 Å². The second-order valence-electron chi connectivity index (χ2n) is 8.70. The maximum absolute atomic E-state index is 10.0. The molecule has 1 heterocycles. The van der Waals surface area contributed by atoms with E-state index in [0.29, 0.717) is 19.8 Å².